The first-order valence-electron chi connectivity index (χ1n) is 14.2. The second-order valence-corrected chi connectivity index (χ2v) is 13.6. The van der Waals surface area contributed by atoms with Gasteiger partial charge in [0, 0.05) is 25.0 Å². The van der Waals surface area contributed by atoms with Crippen LogP contribution in [0.4, 0.5) is 13.2 Å². The summed E-state index contributed by atoms with van der Waals surface area (Å²) in [5, 5.41) is 5.25. The molecular weight excluding hydrogens is 595 g/mol. The lowest BCUT2D eigenvalue weighted by Crippen LogP contribution is -2.54. The number of sulfone groups is 1. The standard InChI is InChI=1S/C31H36F3N5O4S/c1-19(2)15-26(30(41)38-28-20(3)39(17-27(28)40)16-24-13-14-35-18-36-24)37-29(31(32,33)34)23-7-5-21(6-8-23)22-9-11-25(12-10-22)44(4,42)43/h5-14,18-20,26,28-29,37H,15-17H2,1-4H3,(H,38,41)/t20?,26-,28-,29-/m0/s1. The van der Waals surface area contributed by atoms with Crippen LogP contribution in [0.2, 0.25) is 0 Å². The minimum Gasteiger partial charge on any atom is -0.343 e. The quantitative estimate of drug-likeness (QED) is 0.325. The van der Waals surface area contributed by atoms with E-state index in [0.717, 1.165) is 6.26 Å². The van der Waals surface area contributed by atoms with Crippen molar-refractivity contribution >= 4 is 21.5 Å². The molecule has 0 radical (unpaired) electrons. The molecule has 0 spiro atoms. The van der Waals surface area contributed by atoms with Crippen molar-refractivity contribution < 1.29 is 31.2 Å². The molecule has 3 aromatic rings. The number of alkyl halides is 3. The van der Waals surface area contributed by atoms with Crippen LogP contribution in [0.25, 0.3) is 11.1 Å². The fourth-order valence-electron chi connectivity index (χ4n) is 5.26. The van der Waals surface area contributed by atoms with E-state index in [1.165, 1.54) is 42.7 Å². The van der Waals surface area contributed by atoms with E-state index in [-0.39, 0.29) is 35.1 Å². The van der Waals surface area contributed by atoms with Crippen molar-refractivity contribution in [1.82, 2.24) is 25.5 Å². The van der Waals surface area contributed by atoms with Crippen LogP contribution in [0.1, 0.15) is 44.5 Å². The molecule has 4 atom stereocenters. The number of carbonyl (C=O) groups is 2. The number of nitrogens with zero attached hydrogens (tertiary/aromatic N) is 3. The Labute approximate surface area is 255 Å². The number of likely N-dealkylation sites (tertiary alicyclic amines) is 1. The second-order valence-electron chi connectivity index (χ2n) is 11.5. The highest BCUT2D eigenvalue weighted by Gasteiger charge is 2.44. The molecule has 1 aliphatic rings. The number of rotatable bonds is 11. The Hall–Kier alpha value is -3.68. The summed E-state index contributed by atoms with van der Waals surface area (Å²) in [4.78, 5) is 36.4. The number of aromatic nitrogens is 2. The number of ketones is 1. The Bertz CT molecular complexity index is 1550. The Kier molecular flexibility index (Phi) is 10.2. The Morgan fingerprint density at radius 1 is 1.05 bits per heavy atom. The van der Waals surface area contributed by atoms with Gasteiger partial charge < -0.3 is 5.32 Å². The van der Waals surface area contributed by atoms with E-state index in [4.69, 9.17) is 0 Å². The van der Waals surface area contributed by atoms with E-state index in [2.05, 4.69) is 20.6 Å². The number of hydrogen-bond donors (Lipinski definition) is 2. The number of halogens is 3. The predicted molar refractivity (Wildman–Crippen MR) is 159 cm³/mol. The SMILES string of the molecule is CC(C)C[C@H](N[C@@H](c1ccc(-c2ccc(S(C)(=O)=O)cc2)cc1)C(F)(F)F)C(=O)N[C@@H]1C(=O)CN(Cc2ccncn2)C1C. The van der Waals surface area contributed by atoms with Gasteiger partial charge in [0.2, 0.25) is 5.91 Å². The zero-order valence-electron chi connectivity index (χ0n) is 24.9. The number of hydrogen-bond acceptors (Lipinski definition) is 8. The Morgan fingerprint density at radius 2 is 1.66 bits per heavy atom. The molecule has 44 heavy (non-hydrogen) atoms. The van der Waals surface area contributed by atoms with Crippen molar-refractivity contribution in [3.63, 3.8) is 0 Å². The summed E-state index contributed by atoms with van der Waals surface area (Å²) in [5.41, 5.74) is 1.86. The van der Waals surface area contributed by atoms with Gasteiger partial charge in [0.25, 0.3) is 0 Å². The molecule has 1 saturated heterocycles. The van der Waals surface area contributed by atoms with Crippen LogP contribution < -0.4 is 10.6 Å². The van der Waals surface area contributed by atoms with Crippen LogP contribution in [0.15, 0.2) is 72.0 Å². The molecule has 2 aromatic carbocycles. The lowest BCUT2D eigenvalue weighted by Gasteiger charge is -2.30. The summed E-state index contributed by atoms with van der Waals surface area (Å²) in [6.07, 6.45) is -0.518. The van der Waals surface area contributed by atoms with Gasteiger partial charge >= 0.3 is 6.18 Å². The molecule has 0 saturated carbocycles. The van der Waals surface area contributed by atoms with Gasteiger partial charge in [-0.3, -0.25) is 19.8 Å². The number of benzene rings is 2. The van der Waals surface area contributed by atoms with E-state index < -0.39 is 46.1 Å². The second kappa shape index (κ2) is 13.5. The van der Waals surface area contributed by atoms with E-state index in [0.29, 0.717) is 23.4 Å². The highest BCUT2D eigenvalue weighted by atomic mass is 32.2. The van der Waals surface area contributed by atoms with Gasteiger partial charge in [-0.2, -0.15) is 13.2 Å². The van der Waals surface area contributed by atoms with Crippen molar-refractivity contribution in [1.29, 1.82) is 0 Å². The third-order valence-corrected chi connectivity index (χ3v) is 8.78. The highest BCUT2D eigenvalue weighted by Crippen LogP contribution is 2.35. The van der Waals surface area contributed by atoms with Crippen LogP contribution in [0.3, 0.4) is 0 Å². The van der Waals surface area contributed by atoms with Crippen molar-refractivity contribution in [3.8, 4) is 11.1 Å². The Morgan fingerprint density at radius 3 is 2.18 bits per heavy atom. The molecule has 1 unspecified atom stereocenters. The third kappa shape index (κ3) is 8.27. The fraction of sp³-hybridized carbons (Fsp3) is 0.419. The van der Waals surface area contributed by atoms with Gasteiger partial charge in [-0.15, -0.1) is 0 Å². The number of carbonyl (C=O) groups excluding carboxylic acids is 2. The van der Waals surface area contributed by atoms with Crippen LogP contribution in [-0.4, -0.2) is 72.1 Å². The van der Waals surface area contributed by atoms with Gasteiger partial charge in [0.05, 0.1) is 23.2 Å². The molecule has 13 heteroatoms. The summed E-state index contributed by atoms with van der Waals surface area (Å²) < 4.78 is 66.7. The first-order chi connectivity index (χ1) is 20.6. The normalized spacial score (nSPS) is 19.2. The smallest absolute Gasteiger partial charge is 0.343 e. The largest absolute Gasteiger partial charge is 0.407 e. The molecule has 2 N–H and O–H groups in total. The molecular formula is C31H36F3N5O4S. The van der Waals surface area contributed by atoms with Crippen LogP contribution in [-0.2, 0) is 26.0 Å². The maximum Gasteiger partial charge on any atom is 0.407 e. The van der Waals surface area contributed by atoms with Gasteiger partial charge in [-0.05, 0) is 54.2 Å². The molecule has 1 fully saturated rings. The molecule has 1 aliphatic heterocycles. The minimum absolute atomic E-state index is 0.0763. The average molecular weight is 632 g/mol. The van der Waals surface area contributed by atoms with Gasteiger partial charge in [0.15, 0.2) is 15.6 Å². The van der Waals surface area contributed by atoms with Crippen LogP contribution in [0, 0.1) is 5.92 Å². The molecule has 1 aromatic heterocycles. The molecule has 2 heterocycles. The number of Topliss-reactive ketones (excluding diaryl/α,β-unsaturated/α-hetero) is 1. The zero-order chi connectivity index (χ0) is 32.2. The maximum atomic E-state index is 14.4. The van der Waals surface area contributed by atoms with E-state index in [9.17, 15) is 31.2 Å². The van der Waals surface area contributed by atoms with Gasteiger partial charge in [-0.1, -0.05) is 50.2 Å². The van der Waals surface area contributed by atoms with Gasteiger partial charge in [0.1, 0.15) is 18.4 Å². The monoisotopic (exact) mass is 631 g/mol. The van der Waals surface area contributed by atoms with Crippen molar-refractivity contribution in [3.05, 3.63) is 78.4 Å². The lowest BCUT2D eigenvalue weighted by molar-refractivity contribution is -0.161. The predicted octanol–water partition coefficient (Wildman–Crippen LogP) is 4.11. The summed E-state index contributed by atoms with van der Waals surface area (Å²) in [6, 6.07) is 8.87. The molecule has 0 aliphatic carbocycles. The first kappa shape index (κ1) is 33.2. The Balaban J connectivity index is 1.51. The van der Waals surface area contributed by atoms with E-state index >= 15 is 0 Å². The number of amides is 1. The summed E-state index contributed by atoms with van der Waals surface area (Å²) >= 11 is 0. The van der Waals surface area contributed by atoms with Crippen molar-refractivity contribution in [2.24, 2.45) is 5.92 Å². The fourth-order valence-corrected chi connectivity index (χ4v) is 5.89. The van der Waals surface area contributed by atoms with Crippen molar-refractivity contribution in [2.45, 2.75) is 69.0 Å². The maximum absolute atomic E-state index is 14.4. The first-order valence-corrected chi connectivity index (χ1v) is 16.1. The average Bonchev–Trinajstić information content (AvgIpc) is 3.21. The highest BCUT2D eigenvalue weighted by molar-refractivity contribution is 7.90. The van der Waals surface area contributed by atoms with E-state index in [1.807, 2.05) is 4.90 Å². The van der Waals surface area contributed by atoms with Crippen molar-refractivity contribution in [2.75, 3.05) is 12.8 Å². The molecule has 236 valence electrons. The molecule has 4 rings (SSSR count). The minimum atomic E-state index is -4.72. The number of nitrogens with one attached hydrogen (secondary N) is 2. The molecule has 9 nitrogen and oxygen atoms in total. The lowest BCUT2D eigenvalue weighted by atomic mass is 9.97. The third-order valence-electron chi connectivity index (χ3n) is 7.65. The van der Waals surface area contributed by atoms with E-state index in [1.54, 1.807) is 45.2 Å². The summed E-state index contributed by atoms with van der Waals surface area (Å²) in [5.74, 6) is -1.02. The van der Waals surface area contributed by atoms with Crippen LogP contribution >= 0.6 is 0 Å². The topological polar surface area (TPSA) is 121 Å². The molecule has 0 bridgehead atoms. The summed E-state index contributed by atoms with van der Waals surface area (Å²) in [6.45, 7) is 5.84. The zero-order valence-corrected chi connectivity index (χ0v) is 25.7. The van der Waals surface area contributed by atoms with Crippen LogP contribution in [0.5, 0.6) is 0 Å². The molecule has 1 amide bonds. The van der Waals surface area contributed by atoms with Gasteiger partial charge in [-0.25, -0.2) is 18.4 Å². The summed E-state index contributed by atoms with van der Waals surface area (Å²) in [7, 11) is -3.38.